The standard InChI is InChI=1S/C31H30ClF2N7O3/c1-17-25(28(35)41(39-17)24-8-4-5-13-36-24)31(44)22-6-2-3-7-23(22)40(30(31)43)16-18-9-11-20(12-10-18)38-29(42)21-14-19(32)15-37-26(21)27(33)34/h2-8,13-15,18,20,27,44H,9-12,16,35H2,1H3,(H,38,42). The van der Waals surface area contributed by atoms with E-state index in [1.807, 2.05) is 6.07 Å². The fourth-order valence-electron chi connectivity index (χ4n) is 6.32. The molecular formula is C31H30ClF2N7O3. The molecule has 1 saturated carbocycles. The minimum absolute atomic E-state index is 0.0710. The maximum absolute atomic E-state index is 14.1. The summed E-state index contributed by atoms with van der Waals surface area (Å²) in [7, 11) is 0. The molecule has 228 valence electrons. The molecule has 4 heterocycles. The molecule has 1 aromatic carbocycles. The number of nitrogens with one attached hydrogen (secondary N) is 1. The summed E-state index contributed by atoms with van der Waals surface area (Å²) >= 11 is 5.91. The summed E-state index contributed by atoms with van der Waals surface area (Å²) in [5.41, 5.74) is 5.26. The van der Waals surface area contributed by atoms with Crippen molar-refractivity contribution in [1.29, 1.82) is 0 Å². The number of hydrogen-bond donors (Lipinski definition) is 3. The number of rotatable bonds is 7. The lowest BCUT2D eigenvalue weighted by atomic mass is 9.85. The second-order valence-corrected chi connectivity index (χ2v) is 11.6. The second kappa shape index (κ2) is 11.6. The zero-order chi connectivity index (χ0) is 31.2. The fourth-order valence-corrected chi connectivity index (χ4v) is 6.48. The number of alkyl halides is 2. The van der Waals surface area contributed by atoms with Crippen molar-refractivity contribution in [3.63, 3.8) is 0 Å². The first kappa shape index (κ1) is 29.6. The van der Waals surface area contributed by atoms with Crippen LogP contribution in [0.5, 0.6) is 0 Å². The van der Waals surface area contributed by atoms with Gasteiger partial charge in [0.1, 0.15) is 11.5 Å². The summed E-state index contributed by atoms with van der Waals surface area (Å²) in [5.74, 6) is -0.514. The molecular weight excluding hydrogens is 592 g/mol. The zero-order valence-electron chi connectivity index (χ0n) is 23.8. The number of anilines is 2. The molecule has 44 heavy (non-hydrogen) atoms. The van der Waals surface area contributed by atoms with E-state index in [0.717, 1.165) is 6.20 Å². The Bertz CT molecular complexity index is 1730. The summed E-state index contributed by atoms with van der Waals surface area (Å²) in [4.78, 5) is 36.5. The van der Waals surface area contributed by atoms with Crippen molar-refractivity contribution in [2.75, 3.05) is 17.2 Å². The van der Waals surface area contributed by atoms with E-state index in [4.69, 9.17) is 17.3 Å². The molecule has 1 atom stereocenters. The van der Waals surface area contributed by atoms with Crippen LogP contribution in [0, 0.1) is 12.8 Å². The number of hydrogen-bond acceptors (Lipinski definition) is 7. The molecule has 4 N–H and O–H groups in total. The molecule has 1 fully saturated rings. The summed E-state index contributed by atoms with van der Waals surface area (Å²) in [6, 6.07) is 13.3. The topological polar surface area (TPSA) is 139 Å². The quantitative estimate of drug-likeness (QED) is 0.271. The summed E-state index contributed by atoms with van der Waals surface area (Å²) < 4.78 is 28.3. The van der Waals surface area contributed by atoms with Gasteiger partial charge in [-0.3, -0.25) is 14.6 Å². The van der Waals surface area contributed by atoms with Crippen LogP contribution in [0.1, 0.15) is 65.0 Å². The van der Waals surface area contributed by atoms with Gasteiger partial charge in [-0.15, -0.1) is 0 Å². The Labute approximate surface area is 256 Å². The molecule has 3 aromatic heterocycles. The van der Waals surface area contributed by atoms with Crippen molar-refractivity contribution in [1.82, 2.24) is 25.1 Å². The molecule has 0 bridgehead atoms. The van der Waals surface area contributed by atoms with Gasteiger partial charge in [-0.2, -0.15) is 9.78 Å². The first-order chi connectivity index (χ1) is 21.1. The minimum Gasteiger partial charge on any atom is -0.383 e. The SMILES string of the molecule is Cc1nn(-c2ccccn2)c(N)c1C1(O)C(=O)N(CC2CCC(NC(=O)c3cc(Cl)cnc3C(F)F)CC2)c2ccccc21. The third-order valence-electron chi connectivity index (χ3n) is 8.42. The molecule has 0 spiro atoms. The van der Waals surface area contributed by atoms with E-state index in [2.05, 4.69) is 20.4 Å². The van der Waals surface area contributed by atoms with Crippen LogP contribution < -0.4 is 16.0 Å². The van der Waals surface area contributed by atoms with E-state index in [0.29, 0.717) is 55.0 Å². The van der Waals surface area contributed by atoms with Gasteiger partial charge in [-0.25, -0.2) is 13.8 Å². The maximum atomic E-state index is 14.1. The molecule has 6 rings (SSSR count). The highest BCUT2D eigenvalue weighted by molar-refractivity contribution is 6.30. The third kappa shape index (κ3) is 5.07. The number of nitrogen functional groups attached to an aromatic ring is 1. The number of aromatic nitrogens is 4. The average Bonchev–Trinajstić information content (AvgIpc) is 3.44. The largest absolute Gasteiger partial charge is 0.383 e. The van der Waals surface area contributed by atoms with Crippen LogP contribution in [-0.2, 0) is 10.4 Å². The number of carbonyl (C=O) groups excluding carboxylic acids is 2. The lowest BCUT2D eigenvalue weighted by molar-refractivity contribution is -0.132. The smallest absolute Gasteiger partial charge is 0.281 e. The van der Waals surface area contributed by atoms with Crippen molar-refractivity contribution in [3.05, 3.63) is 94.0 Å². The van der Waals surface area contributed by atoms with Crippen LogP contribution >= 0.6 is 11.6 Å². The molecule has 4 aromatic rings. The number of nitrogens with two attached hydrogens (primary N) is 1. The number of para-hydroxylation sites is 1. The van der Waals surface area contributed by atoms with Gasteiger partial charge in [0.05, 0.1) is 27.5 Å². The number of halogens is 3. The van der Waals surface area contributed by atoms with E-state index in [1.54, 1.807) is 54.4 Å². The number of aliphatic hydroxyl groups is 1. The van der Waals surface area contributed by atoms with Crippen LogP contribution in [0.25, 0.3) is 5.82 Å². The maximum Gasteiger partial charge on any atom is 0.281 e. The first-order valence-electron chi connectivity index (χ1n) is 14.2. The summed E-state index contributed by atoms with van der Waals surface area (Å²) in [6.45, 7) is 2.04. The van der Waals surface area contributed by atoms with Gasteiger partial charge < -0.3 is 21.1 Å². The van der Waals surface area contributed by atoms with Gasteiger partial charge in [-0.05, 0) is 62.8 Å². The monoisotopic (exact) mass is 621 g/mol. The van der Waals surface area contributed by atoms with Gasteiger partial charge in [-0.1, -0.05) is 35.9 Å². The number of pyridine rings is 2. The Balaban J connectivity index is 1.19. The van der Waals surface area contributed by atoms with E-state index in [9.17, 15) is 23.5 Å². The van der Waals surface area contributed by atoms with Crippen molar-refractivity contribution >= 4 is 34.9 Å². The molecule has 13 heteroatoms. The Kier molecular flexibility index (Phi) is 7.80. The Morgan fingerprint density at radius 2 is 1.89 bits per heavy atom. The zero-order valence-corrected chi connectivity index (χ0v) is 24.5. The lowest BCUT2D eigenvalue weighted by Crippen LogP contribution is -2.45. The van der Waals surface area contributed by atoms with Gasteiger partial charge in [0.15, 0.2) is 5.82 Å². The van der Waals surface area contributed by atoms with E-state index < -0.39 is 29.5 Å². The predicted molar refractivity (Wildman–Crippen MR) is 160 cm³/mol. The van der Waals surface area contributed by atoms with Crippen molar-refractivity contribution in [2.45, 2.75) is 50.7 Å². The Hall–Kier alpha value is -4.42. The van der Waals surface area contributed by atoms with E-state index >= 15 is 0 Å². The third-order valence-corrected chi connectivity index (χ3v) is 8.63. The highest BCUT2D eigenvalue weighted by Crippen LogP contribution is 2.48. The fraction of sp³-hybridized carbons (Fsp3) is 0.323. The Morgan fingerprint density at radius 1 is 1.16 bits per heavy atom. The molecule has 10 nitrogen and oxygen atoms in total. The molecule has 1 aliphatic heterocycles. The molecule has 2 amide bonds. The van der Waals surface area contributed by atoms with Gasteiger partial charge in [0.25, 0.3) is 18.2 Å². The number of aryl methyl sites for hydroxylation is 1. The normalized spacial score (nSPS) is 21.5. The van der Waals surface area contributed by atoms with Gasteiger partial charge >= 0.3 is 0 Å². The van der Waals surface area contributed by atoms with Crippen LogP contribution in [0.2, 0.25) is 5.02 Å². The van der Waals surface area contributed by atoms with Crippen molar-refractivity contribution < 1.29 is 23.5 Å². The summed E-state index contributed by atoms with van der Waals surface area (Å²) in [6.07, 6.45) is 2.30. The van der Waals surface area contributed by atoms with Crippen LogP contribution in [0.4, 0.5) is 20.3 Å². The van der Waals surface area contributed by atoms with Crippen molar-refractivity contribution in [3.8, 4) is 5.82 Å². The van der Waals surface area contributed by atoms with Gasteiger partial charge in [0, 0.05) is 30.5 Å². The highest BCUT2D eigenvalue weighted by atomic mass is 35.5. The molecule has 2 aliphatic rings. The summed E-state index contributed by atoms with van der Waals surface area (Å²) in [5, 5.41) is 19.6. The average molecular weight is 622 g/mol. The van der Waals surface area contributed by atoms with Crippen LogP contribution in [-0.4, -0.2) is 49.3 Å². The number of amides is 2. The lowest BCUT2D eigenvalue weighted by Gasteiger charge is -2.32. The predicted octanol–water partition coefficient (Wildman–Crippen LogP) is 4.72. The van der Waals surface area contributed by atoms with Crippen molar-refractivity contribution in [2.24, 2.45) is 5.92 Å². The Morgan fingerprint density at radius 3 is 2.59 bits per heavy atom. The van der Waals surface area contributed by atoms with Crippen LogP contribution in [0.15, 0.2) is 60.9 Å². The van der Waals surface area contributed by atoms with E-state index in [-0.39, 0.29) is 33.9 Å². The van der Waals surface area contributed by atoms with E-state index in [1.165, 1.54) is 10.7 Å². The highest BCUT2D eigenvalue weighted by Gasteiger charge is 2.54. The number of benzene rings is 1. The second-order valence-electron chi connectivity index (χ2n) is 11.2. The van der Waals surface area contributed by atoms with Crippen LogP contribution in [0.3, 0.4) is 0 Å². The minimum atomic E-state index is -2.91. The van der Waals surface area contributed by atoms with Gasteiger partial charge in [0.2, 0.25) is 5.60 Å². The first-order valence-corrected chi connectivity index (χ1v) is 14.6. The molecule has 1 unspecified atom stereocenters. The molecule has 1 aliphatic carbocycles. The molecule has 0 saturated heterocycles. The number of carbonyl (C=O) groups is 2. The number of fused-ring (bicyclic) bond motifs is 1. The number of nitrogens with zero attached hydrogens (tertiary/aromatic N) is 5. The molecule has 0 radical (unpaired) electrons.